The smallest absolute Gasteiger partial charge is 0.193 e. The molecule has 0 aliphatic carbocycles. The minimum Gasteiger partial charge on any atom is -0.381 e. The van der Waals surface area contributed by atoms with Gasteiger partial charge in [0.25, 0.3) is 0 Å². The van der Waals surface area contributed by atoms with Gasteiger partial charge in [-0.15, -0.1) is 11.3 Å². The largest absolute Gasteiger partial charge is 0.381 e. The minimum atomic E-state index is 0.371. The molecule has 1 aromatic heterocycles. The molecule has 1 aliphatic rings. The van der Waals surface area contributed by atoms with Gasteiger partial charge in [-0.1, -0.05) is 0 Å². The van der Waals surface area contributed by atoms with E-state index in [9.17, 15) is 0 Å². The van der Waals surface area contributed by atoms with Crippen LogP contribution in [0, 0.1) is 0 Å². The predicted octanol–water partition coefficient (Wildman–Crippen LogP) is 3.49. The van der Waals surface area contributed by atoms with Gasteiger partial charge >= 0.3 is 0 Å². The lowest BCUT2D eigenvalue weighted by molar-refractivity contribution is -0.0318. The third-order valence-electron chi connectivity index (χ3n) is 3.80. The molecule has 2 heterocycles. The first-order chi connectivity index (χ1) is 11.7. The fourth-order valence-electron chi connectivity index (χ4n) is 2.56. The molecular formula is C17H28BrN3O2S. The summed E-state index contributed by atoms with van der Waals surface area (Å²) in [4.78, 5) is 8.20. The highest BCUT2D eigenvalue weighted by Crippen LogP contribution is 2.23. The molecule has 0 bridgehead atoms. The maximum absolute atomic E-state index is 5.90. The van der Waals surface area contributed by atoms with Crippen molar-refractivity contribution >= 4 is 33.2 Å². The van der Waals surface area contributed by atoms with Crippen molar-refractivity contribution in [1.82, 2.24) is 10.2 Å². The van der Waals surface area contributed by atoms with Gasteiger partial charge in [-0.25, -0.2) is 0 Å². The molecule has 1 aromatic rings. The van der Waals surface area contributed by atoms with Crippen molar-refractivity contribution in [2.45, 2.75) is 38.8 Å². The summed E-state index contributed by atoms with van der Waals surface area (Å²) in [6.45, 7) is 7.04. The number of ether oxygens (including phenoxy) is 2. The molecule has 0 radical (unpaired) electrons. The Kier molecular flexibility index (Phi) is 9.09. The first kappa shape index (κ1) is 19.7. The van der Waals surface area contributed by atoms with Crippen molar-refractivity contribution in [2.24, 2.45) is 4.99 Å². The quantitative estimate of drug-likeness (QED) is 0.399. The van der Waals surface area contributed by atoms with Gasteiger partial charge in [0.2, 0.25) is 0 Å². The predicted molar refractivity (Wildman–Crippen MR) is 104 cm³/mol. The van der Waals surface area contributed by atoms with Crippen LogP contribution in [0.1, 0.15) is 31.1 Å². The Morgan fingerprint density at radius 1 is 1.46 bits per heavy atom. The van der Waals surface area contributed by atoms with E-state index < -0.39 is 0 Å². The number of hydrogen-bond donors (Lipinski definition) is 1. The van der Waals surface area contributed by atoms with Crippen LogP contribution in [0.15, 0.2) is 20.9 Å². The van der Waals surface area contributed by atoms with Gasteiger partial charge in [0.1, 0.15) is 0 Å². The van der Waals surface area contributed by atoms with E-state index in [0.29, 0.717) is 6.10 Å². The SMILES string of the molecule is CCNC(=NCCCOC1CCOCC1)N(C)Cc1ccc(Br)s1. The Bertz CT molecular complexity index is 504. The lowest BCUT2D eigenvalue weighted by atomic mass is 10.1. The average Bonchev–Trinajstić information content (AvgIpc) is 2.99. The highest BCUT2D eigenvalue weighted by molar-refractivity contribution is 9.11. The molecular weight excluding hydrogens is 390 g/mol. The van der Waals surface area contributed by atoms with Crippen LogP contribution in [0.25, 0.3) is 0 Å². The van der Waals surface area contributed by atoms with Crippen LogP contribution < -0.4 is 5.32 Å². The molecule has 0 spiro atoms. The van der Waals surface area contributed by atoms with Gasteiger partial charge < -0.3 is 19.7 Å². The van der Waals surface area contributed by atoms with Crippen molar-refractivity contribution in [1.29, 1.82) is 0 Å². The molecule has 1 saturated heterocycles. The molecule has 0 saturated carbocycles. The van der Waals surface area contributed by atoms with Gasteiger partial charge in [0, 0.05) is 44.8 Å². The average molecular weight is 418 g/mol. The molecule has 1 fully saturated rings. The van der Waals surface area contributed by atoms with Gasteiger partial charge in [0.05, 0.1) is 16.4 Å². The number of guanidine groups is 1. The lowest BCUT2D eigenvalue weighted by Gasteiger charge is -2.23. The van der Waals surface area contributed by atoms with Crippen molar-refractivity contribution in [3.63, 3.8) is 0 Å². The fraction of sp³-hybridized carbons (Fsp3) is 0.706. The fourth-order valence-corrected chi connectivity index (χ4v) is 4.09. The van der Waals surface area contributed by atoms with Crippen LogP contribution >= 0.6 is 27.3 Å². The van der Waals surface area contributed by atoms with Crippen LogP contribution in [0.4, 0.5) is 0 Å². The normalized spacial score (nSPS) is 16.4. The molecule has 0 aromatic carbocycles. The molecule has 1 N–H and O–H groups in total. The van der Waals surface area contributed by atoms with Gasteiger partial charge in [-0.05, 0) is 54.2 Å². The number of rotatable bonds is 8. The van der Waals surface area contributed by atoms with E-state index in [-0.39, 0.29) is 0 Å². The molecule has 5 nitrogen and oxygen atoms in total. The van der Waals surface area contributed by atoms with Crippen LogP contribution in [0.2, 0.25) is 0 Å². The summed E-state index contributed by atoms with van der Waals surface area (Å²) in [7, 11) is 2.08. The maximum Gasteiger partial charge on any atom is 0.193 e. The molecule has 24 heavy (non-hydrogen) atoms. The monoisotopic (exact) mass is 417 g/mol. The second kappa shape index (κ2) is 11.1. The summed E-state index contributed by atoms with van der Waals surface area (Å²) < 4.78 is 12.4. The second-order valence-electron chi connectivity index (χ2n) is 5.83. The number of aliphatic imine (C=N–C) groups is 1. The Labute approximate surface area is 157 Å². The van der Waals surface area contributed by atoms with E-state index in [1.54, 1.807) is 11.3 Å². The van der Waals surface area contributed by atoms with E-state index in [1.165, 1.54) is 4.88 Å². The standard InChI is InChI=1S/C17H28BrN3O2S/c1-3-19-17(21(2)13-15-5-6-16(18)24-15)20-9-4-10-23-14-7-11-22-12-8-14/h5-6,14H,3-4,7-13H2,1-2H3,(H,19,20). The topological polar surface area (TPSA) is 46.1 Å². The van der Waals surface area contributed by atoms with Gasteiger partial charge in [0.15, 0.2) is 5.96 Å². The Balaban J connectivity index is 1.72. The first-order valence-electron chi connectivity index (χ1n) is 8.62. The van der Waals surface area contributed by atoms with Crippen LogP contribution in [0.5, 0.6) is 0 Å². The zero-order valence-corrected chi connectivity index (χ0v) is 17.0. The zero-order valence-electron chi connectivity index (χ0n) is 14.6. The molecule has 0 unspecified atom stereocenters. The summed E-state index contributed by atoms with van der Waals surface area (Å²) >= 11 is 5.28. The van der Waals surface area contributed by atoms with Gasteiger partial charge in [-0.2, -0.15) is 0 Å². The summed E-state index contributed by atoms with van der Waals surface area (Å²) in [6, 6.07) is 4.24. The summed E-state index contributed by atoms with van der Waals surface area (Å²) in [5, 5.41) is 3.36. The van der Waals surface area contributed by atoms with Crippen molar-refractivity contribution < 1.29 is 9.47 Å². The molecule has 1 aliphatic heterocycles. The summed E-state index contributed by atoms with van der Waals surface area (Å²) in [6.07, 6.45) is 3.36. The molecule has 7 heteroatoms. The van der Waals surface area contributed by atoms with Crippen molar-refractivity contribution in [3.05, 3.63) is 20.8 Å². The maximum atomic E-state index is 5.90. The van der Waals surface area contributed by atoms with E-state index in [0.717, 1.165) is 68.5 Å². The number of thiophene rings is 1. The third kappa shape index (κ3) is 7.09. The summed E-state index contributed by atoms with van der Waals surface area (Å²) in [5.41, 5.74) is 0. The second-order valence-corrected chi connectivity index (χ2v) is 8.38. The lowest BCUT2D eigenvalue weighted by Crippen LogP contribution is -2.38. The van der Waals surface area contributed by atoms with Crippen molar-refractivity contribution in [2.75, 3.05) is 40.0 Å². The highest BCUT2D eigenvalue weighted by atomic mass is 79.9. The van der Waals surface area contributed by atoms with Crippen LogP contribution in [-0.4, -0.2) is 56.9 Å². The molecule has 136 valence electrons. The Hall–Kier alpha value is -0.630. The number of nitrogens with one attached hydrogen (secondary N) is 1. The Morgan fingerprint density at radius 3 is 2.92 bits per heavy atom. The Morgan fingerprint density at radius 2 is 2.25 bits per heavy atom. The number of halogens is 1. The molecule has 0 atom stereocenters. The molecule has 0 amide bonds. The summed E-state index contributed by atoms with van der Waals surface area (Å²) in [5.74, 6) is 0.952. The van der Waals surface area contributed by atoms with E-state index >= 15 is 0 Å². The van der Waals surface area contributed by atoms with Crippen molar-refractivity contribution in [3.8, 4) is 0 Å². The number of nitrogens with zero attached hydrogens (tertiary/aromatic N) is 2. The number of hydrogen-bond acceptors (Lipinski definition) is 4. The molecule has 2 rings (SSSR count). The van der Waals surface area contributed by atoms with E-state index in [1.807, 2.05) is 0 Å². The van der Waals surface area contributed by atoms with Gasteiger partial charge in [-0.3, -0.25) is 4.99 Å². The zero-order chi connectivity index (χ0) is 17.2. The van der Waals surface area contributed by atoms with E-state index in [2.05, 4.69) is 52.3 Å². The minimum absolute atomic E-state index is 0.371. The third-order valence-corrected chi connectivity index (χ3v) is 5.41. The highest BCUT2D eigenvalue weighted by Gasteiger charge is 2.13. The van der Waals surface area contributed by atoms with E-state index in [4.69, 9.17) is 14.5 Å². The van der Waals surface area contributed by atoms with Crippen LogP contribution in [-0.2, 0) is 16.0 Å². The first-order valence-corrected chi connectivity index (χ1v) is 10.2. The van der Waals surface area contributed by atoms with Crippen LogP contribution in [0.3, 0.4) is 0 Å².